The number of carboxylic acids is 1. The van der Waals surface area contributed by atoms with Crippen LogP contribution in [-0.2, 0) is 29.1 Å². The summed E-state index contributed by atoms with van der Waals surface area (Å²) in [6, 6.07) is 20.0. The molecule has 0 unspecified atom stereocenters. The molecule has 2 heterocycles. The number of aliphatic carboxylic acids is 1. The molecule has 0 radical (unpaired) electrons. The van der Waals surface area contributed by atoms with Crippen molar-refractivity contribution >= 4 is 35.1 Å². The Bertz CT molecular complexity index is 1370. The van der Waals surface area contributed by atoms with Crippen LogP contribution < -0.4 is 15.0 Å². The number of carboxylic acid groups (broad SMARTS) is 1. The van der Waals surface area contributed by atoms with Gasteiger partial charge in [0.25, 0.3) is 5.91 Å². The van der Waals surface area contributed by atoms with Gasteiger partial charge in [0, 0.05) is 29.2 Å². The number of nitrogens with zero attached hydrogens (tertiary/aromatic N) is 2. The standard InChI is InChI=1S/C31H32ClN3O5/c32-25-8-6-23(7-9-25)31(39)34-19-24-5-1-21(4-12-30(37)38)17-28(24)35(29(36)20-34)18-22-2-10-26(11-3-22)40-27-13-15-33-16-14-27/h1-3,5-11,17,27,33H,4,12-16,18-20H2,(H,37,38). The van der Waals surface area contributed by atoms with Crippen molar-refractivity contribution in [2.75, 3.05) is 24.5 Å². The number of aryl methyl sites for hydroxylation is 1. The van der Waals surface area contributed by atoms with E-state index in [2.05, 4.69) is 5.32 Å². The second-order valence-electron chi connectivity index (χ2n) is 10.2. The summed E-state index contributed by atoms with van der Waals surface area (Å²) in [5.74, 6) is -0.554. The van der Waals surface area contributed by atoms with Crippen LogP contribution >= 0.6 is 11.6 Å². The normalized spacial score (nSPS) is 15.9. The SMILES string of the molecule is O=C(O)CCc1ccc2c(c1)N(Cc1ccc(OC3CCNCC3)cc1)C(=O)CN(C(=O)c1ccc(Cl)cc1)C2. The number of rotatable bonds is 8. The number of ether oxygens (including phenoxy) is 1. The molecule has 0 saturated carbocycles. The Kier molecular flexibility index (Phi) is 8.67. The van der Waals surface area contributed by atoms with Crippen molar-refractivity contribution in [3.05, 3.63) is 94.0 Å². The topological polar surface area (TPSA) is 99.2 Å². The molecule has 2 amide bonds. The van der Waals surface area contributed by atoms with Crippen molar-refractivity contribution in [3.8, 4) is 5.75 Å². The van der Waals surface area contributed by atoms with E-state index in [1.165, 1.54) is 4.90 Å². The van der Waals surface area contributed by atoms with Crippen LogP contribution in [-0.4, -0.2) is 53.5 Å². The zero-order chi connectivity index (χ0) is 28.1. The fourth-order valence-corrected chi connectivity index (χ4v) is 5.23. The predicted molar refractivity (Wildman–Crippen MR) is 153 cm³/mol. The highest BCUT2D eigenvalue weighted by molar-refractivity contribution is 6.30. The average molecular weight is 562 g/mol. The lowest BCUT2D eigenvalue weighted by molar-refractivity contribution is -0.137. The zero-order valence-electron chi connectivity index (χ0n) is 22.1. The van der Waals surface area contributed by atoms with E-state index in [-0.39, 0.29) is 37.4 Å². The summed E-state index contributed by atoms with van der Waals surface area (Å²) in [5, 5.41) is 13.0. The van der Waals surface area contributed by atoms with Gasteiger partial charge in [0.2, 0.25) is 5.91 Å². The van der Waals surface area contributed by atoms with Crippen LogP contribution in [0.5, 0.6) is 5.75 Å². The quantitative estimate of drug-likeness (QED) is 0.414. The molecule has 2 aliphatic rings. The Morgan fingerprint density at radius 3 is 2.35 bits per heavy atom. The molecule has 2 N–H and O–H groups in total. The highest BCUT2D eigenvalue weighted by Crippen LogP contribution is 2.30. The molecule has 5 rings (SSSR count). The van der Waals surface area contributed by atoms with Crippen molar-refractivity contribution in [3.63, 3.8) is 0 Å². The summed E-state index contributed by atoms with van der Waals surface area (Å²) in [7, 11) is 0. The van der Waals surface area contributed by atoms with Crippen LogP contribution in [0.3, 0.4) is 0 Å². The smallest absolute Gasteiger partial charge is 0.303 e. The minimum atomic E-state index is -0.880. The van der Waals surface area contributed by atoms with Crippen LogP contribution in [0.4, 0.5) is 5.69 Å². The van der Waals surface area contributed by atoms with Crippen molar-refractivity contribution in [1.82, 2.24) is 10.2 Å². The van der Waals surface area contributed by atoms with Gasteiger partial charge in [-0.3, -0.25) is 14.4 Å². The molecule has 3 aromatic rings. The van der Waals surface area contributed by atoms with E-state index in [1.807, 2.05) is 42.5 Å². The van der Waals surface area contributed by atoms with Crippen LogP contribution in [0.25, 0.3) is 0 Å². The molecule has 8 nitrogen and oxygen atoms in total. The van der Waals surface area contributed by atoms with E-state index in [1.54, 1.807) is 29.2 Å². The lowest BCUT2D eigenvalue weighted by Crippen LogP contribution is -2.39. The third-order valence-corrected chi connectivity index (χ3v) is 7.54. The molecule has 0 aromatic heterocycles. The van der Waals surface area contributed by atoms with Crippen LogP contribution in [0, 0.1) is 0 Å². The third-order valence-electron chi connectivity index (χ3n) is 7.29. The summed E-state index contributed by atoms with van der Waals surface area (Å²) in [5.41, 5.74) is 3.70. The number of nitrogens with one attached hydrogen (secondary N) is 1. The van der Waals surface area contributed by atoms with Gasteiger partial charge in [0.15, 0.2) is 0 Å². The minimum Gasteiger partial charge on any atom is -0.490 e. The Hall–Kier alpha value is -3.88. The van der Waals surface area contributed by atoms with E-state index in [9.17, 15) is 14.4 Å². The zero-order valence-corrected chi connectivity index (χ0v) is 22.9. The number of anilines is 1. The first-order chi connectivity index (χ1) is 19.4. The van der Waals surface area contributed by atoms with Gasteiger partial charge in [0.05, 0.1) is 6.54 Å². The molecule has 0 atom stereocenters. The van der Waals surface area contributed by atoms with E-state index in [4.69, 9.17) is 21.4 Å². The first-order valence-electron chi connectivity index (χ1n) is 13.5. The second-order valence-corrected chi connectivity index (χ2v) is 10.7. The molecule has 1 saturated heterocycles. The van der Waals surface area contributed by atoms with E-state index in [0.29, 0.717) is 29.2 Å². The number of piperidine rings is 1. The van der Waals surface area contributed by atoms with Gasteiger partial charge in [-0.1, -0.05) is 35.9 Å². The van der Waals surface area contributed by atoms with Crippen molar-refractivity contribution in [1.29, 1.82) is 0 Å². The van der Waals surface area contributed by atoms with Gasteiger partial charge in [-0.15, -0.1) is 0 Å². The highest BCUT2D eigenvalue weighted by atomic mass is 35.5. The number of carbonyl (C=O) groups is 3. The first kappa shape index (κ1) is 27.7. The minimum absolute atomic E-state index is 0.00751. The highest BCUT2D eigenvalue weighted by Gasteiger charge is 2.30. The molecule has 0 spiro atoms. The van der Waals surface area contributed by atoms with Crippen molar-refractivity contribution in [2.45, 2.75) is 44.9 Å². The summed E-state index contributed by atoms with van der Waals surface area (Å²) in [6.45, 7) is 2.38. The lowest BCUT2D eigenvalue weighted by Gasteiger charge is -2.25. The third kappa shape index (κ3) is 6.81. The number of benzene rings is 3. The molecule has 208 valence electrons. The number of carbonyl (C=O) groups excluding carboxylic acids is 2. The fourth-order valence-electron chi connectivity index (χ4n) is 5.10. The van der Waals surface area contributed by atoms with E-state index in [0.717, 1.165) is 48.4 Å². The maximum absolute atomic E-state index is 13.7. The number of hydrogen-bond acceptors (Lipinski definition) is 5. The van der Waals surface area contributed by atoms with Gasteiger partial charge >= 0.3 is 5.97 Å². The van der Waals surface area contributed by atoms with Crippen LogP contribution in [0.1, 0.15) is 46.3 Å². The van der Waals surface area contributed by atoms with Crippen molar-refractivity contribution < 1.29 is 24.2 Å². The average Bonchev–Trinajstić information content (AvgIpc) is 3.09. The molecule has 0 aliphatic carbocycles. The second kappa shape index (κ2) is 12.5. The van der Waals surface area contributed by atoms with Crippen molar-refractivity contribution in [2.24, 2.45) is 0 Å². The Labute approximate surface area is 238 Å². The summed E-state index contributed by atoms with van der Waals surface area (Å²) in [6.07, 6.45) is 2.47. The molecular weight excluding hydrogens is 530 g/mol. The maximum atomic E-state index is 13.7. The Balaban J connectivity index is 1.40. The first-order valence-corrected chi connectivity index (χ1v) is 13.9. The van der Waals surface area contributed by atoms with Crippen LogP contribution in [0.15, 0.2) is 66.7 Å². The lowest BCUT2D eigenvalue weighted by atomic mass is 10.0. The molecule has 2 aliphatic heterocycles. The maximum Gasteiger partial charge on any atom is 0.303 e. The molecule has 3 aromatic carbocycles. The number of hydrogen-bond donors (Lipinski definition) is 2. The molecule has 9 heteroatoms. The summed E-state index contributed by atoms with van der Waals surface area (Å²) in [4.78, 5) is 41.4. The molecule has 40 heavy (non-hydrogen) atoms. The van der Waals surface area contributed by atoms with Gasteiger partial charge in [-0.25, -0.2) is 0 Å². The van der Waals surface area contributed by atoms with Gasteiger partial charge in [0.1, 0.15) is 18.4 Å². The number of amides is 2. The predicted octanol–water partition coefficient (Wildman–Crippen LogP) is 4.68. The summed E-state index contributed by atoms with van der Waals surface area (Å²) < 4.78 is 6.13. The largest absolute Gasteiger partial charge is 0.490 e. The molecule has 0 bridgehead atoms. The Morgan fingerprint density at radius 1 is 0.950 bits per heavy atom. The van der Waals surface area contributed by atoms with Crippen LogP contribution in [0.2, 0.25) is 5.02 Å². The number of fused-ring (bicyclic) bond motifs is 1. The van der Waals surface area contributed by atoms with E-state index >= 15 is 0 Å². The van der Waals surface area contributed by atoms with Gasteiger partial charge in [-0.2, -0.15) is 0 Å². The van der Waals surface area contributed by atoms with Gasteiger partial charge in [-0.05, 0) is 91.5 Å². The van der Waals surface area contributed by atoms with Gasteiger partial charge < -0.3 is 25.0 Å². The molecular formula is C31H32ClN3O5. The fraction of sp³-hybridized carbons (Fsp3) is 0.323. The monoisotopic (exact) mass is 561 g/mol. The van der Waals surface area contributed by atoms with E-state index < -0.39 is 5.97 Å². The number of halogens is 1. The Morgan fingerprint density at radius 2 is 1.65 bits per heavy atom. The summed E-state index contributed by atoms with van der Waals surface area (Å²) >= 11 is 6.00. The molecule has 1 fully saturated rings.